The molecule has 0 rings (SSSR count). The molecule has 0 aliphatic rings. The summed E-state index contributed by atoms with van der Waals surface area (Å²) < 4.78 is 0. The van der Waals surface area contributed by atoms with E-state index in [9.17, 15) is 0 Å². The lowest BCUT2D eigenvalue weighted by atomic mass is 12.0. The van der Waals surface area contributed by atoms with Gasteiger partial charge in [0.25, 0.3) is 0 Å². The predicted octanol–water partition coefficient (Wildman–Crippen LogP) is 1.53. The van der Waals surface area contributed by atoms with Gasteiger partial charge in [0.2, 0.25) is 0 Å². The molecule has 0 spiro atoms. The van der Waals surface area contributed by atoms with Crippen molar-refractivity contribution in [3.8, 4) is 0 Å². The van der Waals surface area contributed by atoms with Gasteiger partial charge in [-0.1, -0.05) is 22.3 Å². The Hall–Kier alpha value is 0.532. The molecular weight excluding hydrogens is 63.0 g/mol. The highest BCUT2D eigenvalue weighted by atomic mass is 27.0. The van der Waals surface area contributed by atoms with Crippen molar-refractivity contribution >= 4 is 17.4 Å². The minimum atomic E-state index is 0. The van der Waals surface area contributed by atoms with Crippen LogP contribution in [0.5, 0.6) is 0 Å². The summed E-state index contributed by atoms with van der Waals surface area (Å²) in [6.07, 6.45) is 0. The highest BCUT2D eigenvalue weighted by Crippen LogP contribution is 0.146. The van der Waals surface area contributed by atoms with Crippen LogP contribution in [0.15, 0.2) is 0 Å². The minimum absolute atomic E-state index is 0. The molecular formula is C3H12Al. The minimum Gasteiger partial charge on any atom is -0.0776 e. The number of hydrogen-bond acceptors (Lipinski definition) is 0. The smallest absolute Gasteiger partial charge is 0 e. The van der Waals surface area contributed by atoms with Crippen LogP contribution in [-0.2, 0) is 0 Å². The van der Waals surface area contributed by atoms with Crippen LogP contribution in [0, 0.1) is 0 Å². The van der Waals surface area contributed by atoms with Crippen molar-refractivity contribution in [1.82, 2.24) is 0 Å². The lowest BCUT2D eigenvalue weighted by Crippen LogP contribution is -0.381. The Morgan fingerprint density at radius 1 is 0.500 bits per heavy atom. The zero-order chi connectivity index (χ0) is 0. The number of hydrogen-bond donors (Lipinski definition) is 0. The van der Waals surface area contributed by atoms with E-state index in [1.54, 1.807) is 0 Å². The molecule has 0 atom stereocenters. The summed E-state index contributed by atoms with van der Waals surface area (Å²) in [7, 11) is 0. The second kappa shape index (κ2) is 79.9. The SMILES string of the molecule is C.C.C.[Al]. The van der Waals surface area contributed by atoms with E-state index in [1.807, 2.05) is 0 Å². The van der Waals surface area contributed by atoms with Gasteiger partial charge < -0.3 is 0 Å². The second-order valence-corrected chi connectivity index (χ2v) is 0. The molecule has 0 saturated heterocycles. The average Bonchev–Trinajstić information content (AvgIpc) is 0. The summed E-state index contributed by atoms with van der Waals surface area (Å²) >= 11 is 0. The van der Waals surface area contributed by atoms with Crippen LogP contribution in [0.25, 0.3) is 0 Å². The Balaban J connectivity index is 0. The van der Waals surface area contributed by atoms with Gasteiger partial charge in [-0.05, 0) is 0 Å². The van der Waals surface area contributed by atoms with Crippen LogP contribution in [0.4, 0.5) is 0 Å². The van der Waals surface area contributed by atoms with Gasteiger partial charge in [-0.25, -0.2) is 0 Å². The van der Waals surface area contributed by atoms with Crippen molar-refractivity contribution in [3.05, 3.63) is 0 Å². The van der Waals surface area contributed by atoms with E-state index in [0.29, 0.717) is 0 Å². The first-order valence-electron chi connectivity index (χ1n) is 0. The molecule has 27 valence electrons. The largest absolute Gasteiger partial charge is 0.0776 e. The van der Waals surface area contributed by atoms with Crippen LogP contribution < -0.4 is 0 Å². The molecule has 0 saturated carbocycles. The molecule has 0 aliphatic heterocycles. The molecule has 0 unspecified atom stereocenters. The van der Waals surface area contributed by atoms with Gasteiger partial charge in [0.1, 0.15) is 0 Å². The summed E-state index contributed by atoms with van der Waals surface area (Å²) in [5.74, 6) is 0. The lowest BCUT2D eigenvalue weighted by Gasteiger charge is -0.0786. The summed E-state index contributed by atoms with van der Waals surface area (Å²) in [5.41, 5.74) is 0. The Morgan fingerprint density at radius 2 is 0.500 bits per heavy atom. The van der Waals surface area contributed by atoms with Gasteiger partial charge in [-0.15, -0.1) is 0 Å². The summed E-state index contributed by atoms with van der Waals surface area (Å²) in [4.78, 5) is 0. The molecule has 0 aromatic rings. The first-order chi connectivity index (χ1) is 0. The van der Waals surface area contributed by atoms with Crippen molar-refractivity contribution in [2.75, 3.05) is 0 Å². The molecule has 0 aliphatic carbocycles. The summed E-state index contributed by atoms with van der Waals surface area (Å²) in [6.45, 7) is 0. The fourth-order valence-corrected chi connectivity index (χ4v) is 0. The van der Waals surface area contributed by atoms with E-state index < -0.39 is 0 Å². The third-order valence-corrected chi connectivity index (χ3v) is 0. The maximum absolute atomic E-state index is 0. The van der Waals surface area contributed by atoms with E-state index in [0.717, 1.165) is 0 Å². The predicted molar refractivity (Wildman–Crippen MR) is 25.9 cm³/mol. The summed E-state index contributed by atoms with van der Waals surface area (Å²) in [6, 6.07) is 0. The molecule has 0 heterocycles. The van der Waals surface area contributed by atoms with E-state index >= 15 is 0 Å². The van der Waals surface area contributed by atoms with Gasteiger partial charge in [0, 0.05) is 17.4 Å². The zero-order valence-electron chi connectivity index (χ0n) is 0.577. The van der Waals surface area contributed by atoms with Gasteiger partial charge in [0.15, 0.2) is 0 Å². The third kappa shape index (κ3) is 21.0. The van der Waals surface area contributed by atoms with Gasteiger partial charge in [-0.3, -0.25) is 0 Å². The second-order valence-electron chi connectivity index (χ2n) is 0. The Kier molecular flexibility index (Phi) is 3980. The molecule has 0 aromatic heterocycles. The van der Waals surface area contributed by atoms with E-state index in [-0.39, 0.29) is 39.6 Å². The van der Waals surface area contributed by atoms with E-state index in [4.69, 9.17) is 0 Å². The molecule has 4 heavy (non-hydrogen) atoms. The zero-order valence-corrected chi connectivity index (χ0v) is 1.73. The Morgan fingerprint density at radius 3 is 0.500 bits per heavy atom. The quantitative estimate of drug-likeness (QED) is 0.383. The molecule has 0 amide bonds. The van der Waals surface area contributed by atoms with Crippen LogP contribution in [0.2, 0.25) is 0 Å². The fraction of sp³-hybridized carbons (Fsp3) is 1.00. The van der Waals surface area contributed by atoms with Crippen LogP contribution in [-0.4, -0.2) is 17.4 Å². The monoisotopic (exact) mass is 75.1 g/mol. The van der Waals surface area contributed by atoms with Crippen LogP contribution in [0.3, 0.4) is 0 Å². The first-order valence-corrected chi connectivity index (χ1v) is 0. The maximum atomic E-state index is 0. The standard InChI is InChI=1S/3CH4.Al/h3*1H4;. The first kappa shape index (κ1) is 199. The molecule has 0 aromatic carbocycles. The molecule has 0 nitrogen and oxygen atoms in total. The average molecular weight is 75.1 g/mol. The lowest BCUT2D eigenvalue weighted by molar-refractivity contribution is 2.50. The van der Waals surface area contributed by atoms with E-state index in [2.05, 4.69) is 0 Å². The number of rotatable bonds is 0. The van der Waals surface area contributed by atoms with Crippen LogP contribution >= 0.6 is 0 Å². The third-order valence-electron chi connectivity index (χ3n) is 0. The fourth-order valence-electron chi connectivity index (χ4n) is 0. The summed E-state index contributed by atoms with van der Waals surface area (Å²) in [5, 5.41) is 0. The van der Waals surface area contributed by atoms with Crippen molar-refractivity contribution in [2.24, 2.45) is 0 Å². The molecule has 3 radical (unpaired) electrons. The van der Waals surface area contributed by atoms with Crippen molar-refractivity contribution < 1.29 is 0 Å². The van der Waals surface area contributed by atoms with Crippen molar-refractivity contribution in [3.63, 3.8) is 0 Å². The molecule has 0 N–H and O–H groups in total. The van der Waals surface area contributed by atoms with E-state index in [1.165, 1.54) is 0 Å². The Bertz CT molecular complexity index is 3.25. The topological polar surface area (TPSA) is 0 Å². The van der Waals surface area contributed by atoms with Crippen molar-refractivity contribution in [1.29, 1.82) is 0 Å². The van der Waals surface area contributed by atoms with Gasteiger partial charge in [-0.2, -0.15) is 0 Å². The molecule has 0 bridgehead atoms. The van der Waals surface area contributed by atoms with Gasteiger partial charge >= 0.3 is 0 Å². The Labute approximate surface area is 40.4 Å². The normalized spacial score (nSPS) is 0. The van der Waals surface area contributed by atoms with Gasteiger partial charge in [0.05, 0.1) is 0 Å². The highest BCUT2D eigenvalue weighted by molar-refractivity contribution is 5.75. The maximum Gasteiger partial charge on any atom is 0 e. The van der Waals surface area contributed by atoms with Crippen LogP contribution in [0.1, 0.15) is 22.3 Å². The van der Waals surface area contributed by atoms with Crippen molar-refractivity contribution in [2.45, 2.75) is 22.3 Å². The molecule has 1 heteroatoms. The highest BCUT2D eigenvalue weighted by Gasteiger charge is 0.0000397. The molecule has 0 fully saturated rings.